The van der Waals surface area contributed by atoms with Crippen LogP contribution in [0.1, 0.15) is 51.5 Å². The smallest absolute Gasteiger partial charge is 0.264 e. The van der Waals surface area contributed by atoms with Crippen molar-refractivity contribution in [2.24, 2.45) is 0 Å². The van der Waals surface area contributed by atoms with Crippen LogP contribution in [0.25, 0.3) is 11.0 Å². The van der Waals surface area contributed by atoms with Crippen LogP contribution in [0.4, 0.5) is 11.5 Å². The molecule has 8 N–H and O–H groups in total. The molecule has 2 saturated heterocycles. The molecule has 2 fully saturated rings. The van der Waals surface area contributed by atoms with E-state index in [0.717, 1.165) is 4.90 Å². The van der Waals surface area contributed by atoms with E-state index in [2.05, 4.69) is 25.9 Å². The second kappa shape index (κ2) is 16.2. The van der Waals surface area contributed by atoms with Crippen molar-refractivity contribution >= 4 is 63.7 Å². The summed E-state index contributed by atoms with van der Waals surface area (Å²) in [5, 5.41) is 41.4. The van der Waals surface area contributed by atoms with Gasteiger partial charge in [-0.3, -0.25) is 34.2 Å². The largest absolute Gasteiger partial charge is 0.482 e. The third-order valence-electron chi connectivity index (χ3n) is 9.65. The molecule has 7 rings (SSSR count). The monoisotopic (exact) mass is 792 g/mol. The fraction of sp³-hybridized carbons (Fsp3) is 0.361. The predicted molar refractivity (Wildman–Crippen MR) is 195 cm³/mol. The van der Waals surface area contributed by atoms with Crippen LogP contribution in [0.2, 0.25) is 5.02 Å². The molecule has 0 bridgehead atoms. The minimum Gasteiger partial charge on any atom is -0.482 e. The molecule has 5 heterocycles. The minimum atomic E-state index is -1.48. The molecule has 1 unspecified atom stereocenters. The molecule has 0 radical (unpaired) electrons. The number of imide groups is 2. The highest BCUT2D eigenvalue weighted by Gasteiger charge is 2.48. The maximum absolute atomic E-state index is 13.2. The van der Waals surface area contributed by atoms with Gasteiger partial charge in [0.1, 0.15) is 54.0 Å². The van der Waals surface area contributed by atoms with Crippen LogP contribution in [-0.2, 0) is 23.9 Å². The zero-order valence-corrected chi connectivity index (χ0v) is 30.2. The second-order valence-electron chi connectivity index (χ2n) is 13.2. The number of rotatable bonds is 14. The van der Waals surface area contributed by atoms with Crippen molar-refractivity contribution < 1.29 is 53.5 Å². The lowest BCUT2D eigenvalue weighted by molar-refractivity contribution is -0.136. The van der Waals surface area contributed by atoms with Gasteiger partial charge in [0.05, 0.1) is 34.7 Å². The van der Waals surface area contributed by atoms with E-state index in [-0.39, 0.29) is 72.4 Å². The summed E-state index contributed by atoms with van der Waals surface area (Å²) < 4.78 is 18.6. The Morgan fingerprint density at radius 3 is 2.68 bits per heavy atom. The molecule has 2 aromatic heterocycles. The summed E-state index contributed by atoms with van der Waals surface area (Å²) >= 11 is 6.30. The van der Waals surface area contributed by atoms with E-state index in [4.69, 9.17) is 31.5 Å². The predicted octanol–water partition coefficient (Wildman–Crippen LogP) is 0.0446. The molecular formula is C36H37ClN8O11. The van der Waals surface area contributed by atoms with Crippen molar-refractivity contribution in [1.29, 1.82) is 0 Å². The van der Waals surface area contributed by atoms with Crippen LogP contribution in [0.5, 0.6) is 5.75 Å². The number of nitrogen functional groups attached to an aromatic ring is 1. The number of aromatic nitrogens is 3. The van der Waals surface area contributed by atoms with Gasteiger partial charge < -0.3 is 50.5 Å². The van der Waals surface area contributed by atoms with Crippen LogP contribution in [-0.4, -0.2) is 122 Å². The molecular weight excluding hydrogens is 756 g/mol. The van der Waals surface area contributed by atoms with Crippen molar-refractivity contribution in [3.05, 3.63) is 76.7 Å². The number of fused-ring (bicyclic) bond motifs is 2. The highest BCUT2D eigenvalue weighted by atomic mass is 35.5. The summed E-state index contributed by atoms with van der Waals surface area (Å²) in [6, 6.07) is 9.68. The average Bonchev–Trinajstić information content (AvgIpc) is 3.82. The SMILES string of the molecule is Nc1ncnc2c1ccn2[C@@H]1O[C@H]([C@H](O)c2ccc(Cl)c(OCC(=O)NCCOCCNc3cccc4c3C(=O)N(C3CCC(=O)NC3=O)C4=O)c2)[C@@H](O)[C@H]1O. The Kier molecular flexibility index (Phi) is 11.1. The van der Waals surface area contributed by atoms with Gasteiger partial charge >= 0.3 is 0 Å². The van der Waals surface area contributed by atoms with Gasteiger partial charge in [0.2, 0.25) is 11.8 Å². The molecule has 3 aliphatic heterocycles. The Hall–Kier alpha value is -5.70. The number of nitrogens with one attached hydrogen (secondary N) is 3. The van der Waals surface area contributed by atoms with Crippen molar-refractivity contribution in [3.8, 4) is 5.75 Å². The van der Waals surface area contributed by atoms with Gasteiger partial charge in [-0.15, -0.1) is 0 Å². The zero-order valence-electron chi connectivity index (χ0n) is 29.5. The van der Waals surface area contributed by atoms with Crippen LogP contribution in [0, 0.1) is 0 Å². The van der Waals surface area contributed by atoms with Gasteiger partial charge in [-0.25, -0.2) is 9.97 Å². The molecule has 19 nitrogen and oxygen atoms in total. The zero-order chi connectivity index (χ0) is 39.7. The average molecular weight is 793 g/mol. The van der Waals surface area contributed by atoms with Crippen LogP contribution in [0.15, 0.2) is 55.0 Å². The van der Waals surface area contributed by atoms with Crippen molar-refractivity contribution in [2.45, 2.75) is 49.5 Å². The number of aliphatic hydroxyl groups excluding tert-OH is 3. The lowest BCUT2D eigenvalue weighted by Crippen LogP contribution is -2.54. The van der Waals surface area contributed by atoms with Gasteiger partial charge in [0.25, 0.3) is 17.7 Å². The molecule has 4 aromatic rings. The highest BCUT2D eigenvalue weighted by molar-refractivity contribution is 6.32. The van der Waals surface area contributed by atoms with E-state index in [0.29, 0.717) is 16.7 Å². The quantitative estimate of drug-likeness (QED) is 0.0657. The molecule has 5 amide bonds. The van der Waals surface area contributed by atoms with Crippen LogP contribution in [0.3, 0.4) is 0 Å². The van der Waals surface area contributed by atoms with Crippen LogP contribution < -0.4 is 26.4 Å². The molecule has 0 saturated carbocycles. The number of anilines is 2. The number of ether oxygens (including phenoxy) is 3. The van der Waals surface area contributed by atoms with Crippen molar-refractivity contribution in [1.82, 2.24) is 30.1 Å². The Morgan fingerprint density at radius 2 is 1.88 bits per heavy atom. The Balaban J connectivity index is 0.850. The second-order valence-corrected chi connectivity index (χ2v) is 13.6. The van der Waals surface area contributed by atoms with Gasteiger partial charge in [-0.05, 0) is 42.3 Å². The third-order valence-corrected chi connectivity index (χ3v) is 9.97. The number of aliphatic hydroxyl groups is 3. The normalized spacial score (nSPS) is 22.6. The number of carbonyl (C=O) groups excluding carboxylic acids is 5. The molecule has 20 heteroatoms. The summed E-state index contributed by atoms with van der Waals surface area (Å²) in [6.07, 6.45) is -3.76. The van der Waals surface area contributed by atoms with Crippen molar-refractivity contribution in [2.75, 3.05) is 44.0 Å². The number of carbonyl (C=O) groups is 5. The number of amides is 5. The van der Waals surface area contributed by atoms with E-state index in [1.54, 1.807) is 24.4 Å². The third kappa shape index (κ3) is 7.47. The lowest BCUT2D eigenvalue weighted by Gasteiger charge is -2.27. The van der Waals surface area contributed by atoms with E-state index in [1.807, 2.05) is 0 Å². The number of piperidine rings is 1. The number of hydrogen-bond acceptors (Lipinski definition) is 15. The molecule has 2 aromatic carbocycles. The fourth-order valence-corrected chi connectivity index (χ4v) is 7.03. The Morgan fingerprint density at radius 1 is 1.07 bits per heavy atom. The van der Waals surface area contributed by atoms with Crippen molar-refractivity contribution in [3.63, 3.8) is 0 Å². The van der Waals surface area contributed by atoms with E-state index < -0.39 is 72.8 Å². The van der Waals surface area contributed by atoms with Gasteiger partial charge in [0, 0.05) is 31.4 Å². The summed E-state index contributed by atoms with van der Waals surface area (Å²) in [7, 11) is 0. The van der Waals surface area contributed by atoms with Gasteiger partial charge in [0.15, 0.2) is 12.8 Å². The maximum atomic E-state index is 13.2. The fourth-order valence-electron chi connectivity index (χ4n) is 6.86. The van der Waals surface area contributed by atoms with E-state index >= 15 is 0 Å². The number of nitrogens with zero attached hydrogens (tertiary/aromatic N) is 4. The summed E-state index contributed by atoms with van der Waals surface area (Å²) in [5.41, 5.74) is 7.21. The first-order valence-corrected chi connectivity index (χ1v) is 17.9. The molecule has 6 atom stereocenters. The number of hydrogen-bond donors (Lipinski definition) is 7. The van der Waals surface area contributed by atoms with E-state index in [1.165, 1.54) is 35.2 Å². The summed E-state index contributed by atoms with van der Waals surface area (Å²) in [5.74, 6) is -2.55. The first kappa shape index (κ1) is 38.6. The number of halogens is 1. The topological polar surface area (TPSA) is 270 Å². The molecule has 294 valence electrons. The molecule has 0 aliphatic carbocycles. The molecule has 0 spiro atoms. The summed E-state index contributed by atoms with van der Waals surface area (Å²) in [6.45, 7) is 0.293. The number of nitrogens with two attached hydrogens (primary N) is 1. The van der Waals surface area contributed by atoms with Gasteiger partial charge in [-0.1, -0.05) is 23.7 Å². The van der Waals surface area contributed by atoms with E-state index in [9.17, 15) is 39.3 Å². The molecule has 3 aliphatic rings. The highest BCUT2D eigenvalue weighted by Crippen LogP contribution is 2.39. The minimum absolute atomic E-state index is 0.0207. The Labute approximate surface area is 322 Å². The maximum Gasteiger partial charge on any atom is 0.264 e. The van der Waals surface area contributed by atoms with Crippen LogP contribution >= 0.6 is 11.6 Å². The number of benzene rings is 2. The standard InChI is InChI=1S/C36H37ClN8O11/c37-20-5-4-17(27(48)30-28(49)29(50)36(56-30)44-11-8-19-31(38)41-16-42-32(19)44)14-23(20)55-15-25(47)40-10-13-54-12-9-39-21-3-1-2-18-26(21)35(53)45(34(18)52)22-6-7-24(46)43-33(22)51/h1-5,8,11,14,16,22,27-30,36,39,48-50H,6-7,9-10,12-13,15H2,(H,40,47)(H2,38,41,42)(H,43,46,51)/t22?,27-,28+,29-,30-,36-/m1/s1. The summed E-state index contributed by atoms with van der Waals surface area (Å²) in [4.78, 5) is 71.7. The molecule has 56 heavy (non-hydrogen) atoms. The first-order chi connectivity index (χ1) is 26.9. The van der Waals surface area contributed by atoms with Gasteiger partial charge in [-0.2, -0.15) is 0 Å². The lowest BCUT2D eigenvalue weighted by atomic mass is 9.99. The Bertz CT molecular complexity index is 2200. The first-order valence-electron chi connectivity index (χ1n) is 17.6.